The average molecular weight is 345 g/mol. The van der Waals surface area contributed by atoms with E-state index in [9.17, 15) is 25.6 Å². The van der Waals surface area contributed by atoms with Crippen LogP contribution in [0.15, 0.2) is 0 Å². The second-order valence-corrected chi connectivity index (χ2v) is 10.2. The predicted octanol–water partition coefficient (Wildman–Crippen LogP) is 1.31. The first-order valence-electron chi connectivity index (χ1n) is 6.82. The number of sulfonamides is 1. The normalized spacial score (nSPS) is 39.7. The Bertz CT molecular complexity index is 623. The molecule has 4 fully saturated rings. The summed E-state index contributed by atoms with van der Waals surface area (Å²) in [6, 6.07) is 0. The maximum absolute atomic E-state index is 13.5. The minimum Gasteiger partial charge on any atom is -0.280 e. The van der Waals surface area contributed by atoms with Gasteiger partial charge in [0.15, 0.2) is 0 Å². The van der Waals surface area contributed by atoms with Gasteiger partial charge in [0.1, 0.15) is 0 Å². The third-order valence-corrected chi connectivity index (χ3v) is 8.22. The van der Waals surface area contributed by atoms with E-state index in [0.717, 1.165) is 19.3 Å². The van der Waals surface area contributed by atoms with Crippen molar-refractivity contribution in [3.63, 3.8) is 0 Å². The third kappa shape index (κ3) is 2.40. The van der Waals surface area contributed by atoms with Crippen molar-refractivity contribution in [2.24, 2.45) is 17.8 Å². The molecule has 21 heavy (non-hydrogen) atoms. The zero-order valence-corrected chi connectivity index (χ0v) is 12.8. The molecule has 0 saturated heterocycles. The Labute approximate surface area is 122 Å². The van der Waals surface area contributed by atoms with E-state index in [1.54, 1.807) is 0 Å². The minimum absolute atomic E-state index is 0.304. The fourth-order valence-corrected chi connectivity index (χ4v) is 6.89. The van der Waals surface area contributed by atoms with Crippen molar-refractivity contribution in [3.05, 3.63) is 0 Å². The summed E-state index contributed by atoms with van der Waals surface area (Å²) in [6.45, 7) is 0. The van der Waals surface area contributed by atoms with Gasteiger partial charge in [-0.1, -0.05) is 0 Å². The van der Waals surface area contributed by atoms with Crippen LogP contribution in [0.5, 0.6) is 0 Å². The number of nitrogens with one attached hydrogen (secondary N) is 1. The van der Waals surface area contributed by atoms with Gasteiger partial charge in [-0.25, -0.2) is 13.1 Å². The number of hydrogen-bond acceptors (Lipinski definition) is 4. The molecule has 4 aliphatic rings. The molecule has 4 bridgehead atoms. The monoisotopic (exact) mass is 345 g/mol. The molecular weight excluding hydrogens is 328 g/mol. The van der Waals surface area contributed by atoms with Crippen LogP contribution in [0.3, 0.4) is 0 Å². The smallest absolute Gasteiger partial charge is 0.280 e. The fraction of sp³-hybridized carbons (Fsp3) is 1.00. The summed E-state index contributed by atoms with van der Waals surface area (Å²) < 4.78 is 77.1. The molecule has 4 rings (SSSR count). The molecule has 10 heteroatoms. The molecular formula is C11H17F2NO5S2. The van der Waals surface area contributed by atoms with Gasteiger partial charge in [0.25, 0.3) is 10.0 Å². The summed E-state index contributed by atoms with van der Waals surface area (Å²) in [5.74, 6) is 0.912. The standard InChI is InChI=1S/C11H17F2NO5S2/c12-11(13,21(17,18)19)20(15,16)14-10-4-7-1-8(5-10)3-9(2-7)6-10/h7-9,14H,1-6H2,(H,17,18,19). The van der Waals surface area contributed by atoms with Crippen LogP contribution in [0.1, 0.15) is 38.5 Å². The number of halogens is 2. The summed E-state index contributed by atoms with van der Waals surface area (Å²) in [7, 11) is -11.5. The molecule has 0 aliphatic heterocycles. The van der Waals surface area contributed by atoms with Crippen LogP contribution in [-0.2, 0) is 20.1 Å². The molecule has 0 spiro atoms. The van der Waals surface area contributed by atoms with Gasteiger partial charge in [-0.2, -0.15) is 17.2 Å². The van der Waals surface area contributed by atoms with Gasteiger partial charge in [-0.05, 0) is 56.3 Å². The number of alkyl halides is 2. The van der Waals surface area contributed by atoms with Gasteiger partial charge in [0, 0.05) is 5.54 Å². The highest BCUT2D eigenvalue weighted by Crippen LogP contribution is 2.56. The van der Waals surface area contributed by atoms with Gasteiger partial charge < -0.3 is 0 Å². The largest absolute Gasteiger partial charge is 0.484 e. The summed E-state index contributed by atoms with van der Waals surface area (Å²) in [6.07, 6.45) is 4.32. The molecule has 0 aromatic carbocycles. The maximum atomic E-state index is 13.5. The van der Waals surface area contributed by atoms with Gasteiger partial charge in [-0.15, -0.1) is 0 Å². The first kappa shape index (κ1) is 15.6. The molecule has 4 saturated carbocycles. The number of hydrogen-bond donors (Lipinski definition) is 2. The van der Waals surface area contributed by atoms with Crippen molar-refractivity contribution in [2.45, 2.75) is 48.7 Å². The predicted molar refractivity (Wildman–Crippen MR) is 69.5 cm³/mol. The molecule has 0 amide bonds. The van der Waals surface area contributed by atoms with E-state index in [2.05, 4.69) is 0 Å². The first-order valence-corrected chi connectivity index (χ1v) is 9.75. The summed E-state index contributed by atoms with van der Waals surface area (Å²) in [5.41, 5.74) is -0.984. The highest BCUT2D eigenvalue weighted by molar-refractivity contribution is 8.06. The lowest BCUT2D eigenvalue weighted by Gasteiger charge is -2.56. The van der Waals surface area contributed by atoms with Crippen molar-refractivity contribution < 1.29 is 30.2 Å². The molecule has 0 unspecified atom stereocenters. The topological polar surface area (TPSA) is 101 Å². The van der Waals surface area contributed by atoms with Gasteiger partial charge in [0.05, 0.1) is 0 Å². The molecule has 0 heterocycles. The molecule has 4 aliphatic carbocycles. The van der Waals surface area contributed by atoms with Gasteiger partial charge >= 0.3 is 14.7 Å². The molecule has 2 N–H and O–H groups in total. The van der Waals surface area contributed by atoms with Crippen LogP contribution in [0.4, 0.5) is 8.78 Å². The molecule has 6 nitrogen and oxygen atoms in total. The van der Waals surface area contributed by atoms with Crippen LogP contribution < -0.4 is 4.72 Å². The van der Waals surface area contributed by atoms with Crippen molar-refractivity contribution >= 4 is 20.1 Å². The Morgan fingerprint density at radius 1 is 0.952 bits per heavy atom. The minimum atomic E-state index is -6.03. The highest BCUT2D eigenvalue weighted by Gasteiger charge is 2.61. The Hall–Kier alpha value is -0.320. The Morgan fingerprint density at radius 2 is 1.33 bits per heavy atom. The third-order valence-electron chi connectivity index (χ3n) is 5.00. The molecule has 0 aromatic heterocycles. The highest BCUT2D eigenvalue weighted by atomic mass is 32.3. The quantitative estimate of drug-likeness (QED) is 0.748. The number of rotatable bonds is 4. The lowest BCUT2D eigenvalue weighted by Crippen LogP contribution is -2.62. The van der Waals surface area contributed by atoms with E-state index in [-0.39, 0.29) is 0 Å². The van der Waals surface area contributed by atoms with Crippen LogP contribution in [0.2, 0.25) is 0 Å². The molecule has 122 valence electrons. The zero-order chi connectivity index (χ0) is 15.7. The van der Waals surface area contributed by atoms with E-state index in [1.807, 2.05) is 4.72 Å². The van der Waals surface area contributed by atoms with Crippen LogP contribution in [-0.4, -0.2) is 31.5 Å². The van der Waals surface area contributed by atoms with E-state index < -0.39 is 30.3 Å². The van der Waals surface area contributed by atoms with Crippen LogP contribution in [0.25, 0.3) is 0 Å². The van der Waals surface area contributed by atoms with Gasteiger partial charge in [0.2, 0.25) is 0 Å². The van der Waals surface area contributed by atoms with E-state index in [4.69, 9.17) is 4.55 Å². The van der Waals surface area contributed by atoms with E-state index in [0.29, 0.717) is 37.0 Å². The van der Waals surface area contributed by atoms with E-state index >= 15 is 0 Å². The van der Waals surface area contributed by atoms with Crippen LogP contribution in [0, 0.1) is 17.8 Å². The van der Waals surface area contributed by atoms with Crippen LogP contribution >= 0.6 is 0 Å². The van der Waals surface area contributed by atoms with Crippen molar-refractivity contribution in [1.82, 2.24) is 4.72 Å². The SMILES string of the molecule is O=S(=O)(O)C(F)(F)S(=O)(=O)NC12CC3CC(CC(C3)C1)C2. The molecule has 0 aromatic rings. The van der Waals surface area contributed by atoms with E-state index in [1.165, 1.54) is 0 Å². The lowest BCUT2D eigenvalue weighted by molar-refractivity contribution is -0.00936. The van der Waals surface area contributed by atoms with Crippen molar-refractivity contribution in [1.29, 1.82) is 0 Å². The Balaban J connectivity index is 1.90. The van der Waals surface area contributed by atoms with Gasteiger partial charge in [-0.3, -0.25) is 4.55 Å². The zero-order valence-electron chi connectivity index (χ0n) is 11.1. The maximum Gasteiger partial charge on any atom is 0.484 e. The average Bonchev–Trinajstić information content (AvgIpc) is 2.22. The molecule has 0 radical (unpaired) electrons. The lowest BCUT2D eigenvalue weighted by atomic mass is 9.53. The summed E-state index contributed by atoms with van der Waals surface area (Å²) in [4.78, 5) is 0. The second-order valence-electron chi connectivity index (χ2n) is 6.74. The fourth-order valence-electron chi connectivity index (χ4n) is 4.72. The second kappa shape index (κ2) is 4.36. The Morgan fingerprint density at radius 3 is 1.67 bits per heavy atom. The van der Waals surface area contributed by atoms with Crippen molar-refractivity contribution in [3.8, 4) is 0 Å². The summed E-state index contributed by atoms with van der Waals surface area (Å²) in [5, 5.41) is 0. The first-order chi connectivity index (χ1) is 9.44. The Kier molecular flexibility index (Phi) is 3.23. The summed E-state index contributed by atoms with van der Waals surface area (Å²) >= 11 is 0. The molecule has 0 atom stereocenters. The van der Waals surface area contributed by atoms with Crippen molar-refractivity contribution in [2.75, 3.05) is 0 Å².